The summed E-state index contributed by atoms with van der Waals surface area (Å²) >= 11 is 8.60. The smallest absolute Gasteiger partial charge is 0.408 e. The van der Waals surface area contributed by atoms with Crippen LogP contribution in [0.5, 0.6) is 11.5 Å². The fourth-order valence-electron chi connectivity index (χ4n) is 9.09. The zero-order valence-corrected chi connectivity index (χ0v) is 41.4. The highest BCUT2D eigenvalue weighted by Gasteiger charge is 2.62. The van der Waals surface area contributed by atoms with Crippen molar-refractivity contribution >= 4 is 62.8 Å². The molecule has 2 aromatic heterocycles. The molecule has 1 unspecified atom stereocenters. The third kappa shape index (κ3) is 11.2. The van der Waals surface area contributed by atoms with Gasteiger partial charge in [0.25, 0.3) is 0 Å². The number of likely N-dealkylation sites (N-methyl/N-ethyl adjacent to an activating group) is 2. The van der Waals surface area contributed by atoms with Crippen LogP contribution < -0.4 is 25.4 Å². The van der Waals surface area contributed by atoms with Crippen molar-refractivity contribution in [3.8, 4) is 22.9 Å². The number of pyridine rings is 1. The largest absolute Gasteiger partial charge is 0.491 e. The number of amides is 3. The van der Waals surface area contributed by atoms with Crippen molar-refractivity contribution in [2.24, 2.45) is 23.2 Å². The zero-order chi connectivity index (χ0) is 47.7. The summed E-state index contributed by atoms with van der Waals surface area (Å²) < 4.78 is 24.0. The van der Waals surface area contributed by atoms with E-state index in [0.29, 0.717) is 70.2 Å². The van der Waals surface area contributed by atoms with E-state index in [9.17, 15) is 19.2 Å². The Kier molecular flexibility index (Phi) is 15.1. The van der Waals surface area contributed by atoms with Gasteiger partial charge in [-0.3, -0.25) is 9.59 Å². The first-order valence-corrected chi connectivity index (χ1v) is 24.4. The van der Waals surface area contributed by atoms with E-state index in [4.69, 9.17) is 40.5 Å². The van der Waals surface area contributed by atoms with Gasteiger partial charge in [0.1, 0.15) is 58.7 Å². The maximum absolute atomic E-state index is 14.9. The van der Waals surface area contributed by atoms with E-state index in [1.165, 1.54) is 29.8 Å². The number of halogens is 1. The number of thiazole rings is 1. The molecule has 3 saturated carbocycles. The van der Waals surface area contributed by atoms with Gasteiger partial charge in [-0.15, -0.1) is 17.9 Å². The Morgan fingerprint density at radius 2 is 1.74 bits per heavy atom. The number of carbonyl (C=O) groups excluding carboxylic acids is 4. The molecule has 7 rings (SSSR count). The summed E-state index contributed by atoms with van der Waals surface area (Å²) in [5.74, 6) is 0.113. The van der Waals surface area contributed by atoms with Gasteiger partial charge >= 0.3 is 12.1 Å². The van der Waals surface area contributed by atoms with Gasteiger partial charge in [-0.1, -0.05) is 45.4 Å². The fraction of sp³-hybridized carbons (Fsp3) is 0.625. The highest BCUT2D eigenvalue weighted by atomic mass is 35.5. The average Bonchev–Trinajstić information content (AvgIpc) is 3.94. The van der Waals surface area contributed by atoms with E-state index in [0.717, 1.165) is 37.6 Å². The lowest BCUT2D eigenvalue weighted by Gasteiger charge is -2.35. The Morgan fingerprint density at radius 1 is 1.02 bits per heavy atom. The first-order chi connectivity index (χ1) is 31.3. The topological polar surface area (TPSA) is 177 Å². The molecule has 3 amide bonds. The number of nitrogens with one attached hydrogen (secondary N) is 3. The van der Waals surface area contributed by atoms with Crippen molar-refractivity contribution in [1.29, 1.82) is 0 Å². The molecular weight excluding hydrogens is 884 g/mol. The van der Waals surface area contributed by atoms with Crippen LogP contribution in [0.2, 0.25) is 5.02 Å². The molecule has 1 saturated heterocycles. The first-order valence-electron chi connectivity index (χ1n) is 23.2. The van der Waals surface area contributed by atoms with Crippen LogP contribution in [0.1, 0.15) is 73.6 Å². The second kappa shape index (κ2) is 20.3. The SMILES string of the molecule is C=C[C@@H]1CC1(NC(=O)[C@@H]1C[C@@H](Oc2cc(-c3csc(NC(C)C)n3)nc3c(Cl)c(OCCN(C)CCN(C)CC)ccc23)CN1C(=O)[C@@H](NC(=O)O[C@@H]1C[C@@H]2C[C@@H]2C1)C(C)(C)C)C(=O)OC. The van der Waals surface area contributed by atoms with Gasteiger partial charge in [0.2, 0.25) is 11.8 Å². The van der Waals surface area contributed by atoms with E-state index in [2.05, 4.69) is 53.3 Å². The number of alkyl carbamates (subject to hydrolysis) is 1. The van der Waals surface area contributed by atoms with Crippen LogP contribution in [-0.4, -0.2) is 145 Å². The normalized spacial score (nSPS) is 24.8. The number of methoxy groups -OCH3 is 1. The summed E-state index contributed by atoms with van der Waals surface area (Å²) in [6, 6.07) is 3.45. The molecule has 66 heavy (non-hydrogen) atoms. The van der Waals surface area contributed by atoms with Crippen LogP contribution in [0.25, 0.3) is 22.3 Å². The molecule has 360 valence electrons. The molecule has 0 spiro atoms. The fourth-order valence-corrected chi connectivity index (χ4v) is 10.2. The van der Waals surface area contributed by atoms with Gasteiger partial charge in [-0.2, -0.15) is 0 Å². The van der Waals surface area contributed by atoms with Crippen LogP contribution >= 0.6 is 22.9 Å². The Hall–Kier alpha value is -4.71. The summed E-state index contributed by atoms with van der Waals surface area (Å²) in [6.45, 7) is 19.5. The maximum atomic E-state index is 14.9. The van der Waals surface area contributed by atoms with Crippen LogP contribution in [0, 0.1) is 23.2 Å². The molecule has 18 heteroatoms. The van der Waals surface area contributed by atoms with Crippen molar-refractivity contribution in [3.63, 3.8) is 0 Å². The van der Waals surface area contributed by atoms with Gasteiger partial charge in [0, 0.05) is 54.8 Å². The predicted octanol–water partition coefficient (Wildman–Crippen LogP) is 6.62. The number of likely N-dealkylation sites (tertiary alicyclic amines) is 1. The average molecular weight is 952 g/mol. The number of rotatable bonds is 20. The van der Waals surface area contributed by atoms with Crippen LogP contribution in [0.15, 0.2) is 36.2 Å². The number of nitrogens with zero attached hydrogens (tertiary/aromatic N) is 5. The van der Waals surface area contributed by atoms with Gasteiger partial charge in [0.05, 0.1) is 24.9 Å². The minimum Gasteiger partial charge on any atom is -0.491 e. The molecule has 3 heterocycles. The molecule has 3 aromatic rings. The zero-order valence-electron chi connectivity index (χ0n) is 39.8. The number of esters is 1. The Balaban J connectivity index is 1.19. The number of aromatic nitrogens is 2. The van der Waals surface area contributed by atoms with Gasteiger partial charge < -0.3 is 49.6 Å². The molecule has 1 aliphatic heterocycles. The Labute approximate surface area is 397 Å². The number of carbonyl (C=O) groups is 4. The van der Waals surface area contributed by atoms with E-state index in [-0.39, 0.29) is 31.0 Å². The van der Waals surface area contributed by atoms with Crippen LogP contribution in [0.4, 0.5) is 9.93 Å². The second-order valence-corrected chi connectivity index (χ2v) is 21.1. The summed E-state index contributed by atoms with van der Waals surface area (Å²) in [5.41, 5.74) is -0.545. The van der Waals surface area contributed by atoms with E-state index in [1.54, 1.807) is 18.2 Å². The summed E-state index contributed by atoms with van der Waals surface area (Å²) in [7, 11) is 5.42. The minimum absolute atomic E-state index is 0.0167. The number of ether oxygens (including phenoxy) is 4. The molecule has 4 aliphatic rings. The lowest BCUT2D eigenvalue weighted by Crippen LogP contribution is -2.59. The van der Waals surface area contributed by atoms with Crippen molar-refractivity contribution in [1.82, 2.24) is 35.3 Å². The summed E-state index contributed by atoms with van der Waals surface area (Å²) in [6.07, 6.45) is 3.22. The van der Waals surface area contributed by atoms with Crippen LogP contribution in [-0.2, 0) is 23.9 Å². The quantitative estimate of drug-likeness (QED) is 0.0815. The molecule has 1 aromatic carbocycles. The summed E-state index contributed by atoms with van der Waals surface area (Å²) in [5, 5.41) is 12.7. The number of anilines is 1. The highest BCUT2D eigenvalue weighted by molar-refractivity contribution is 7.14. The van der Waals surface area contributed by atoms with E-state index in [1.807, 2.05) is 46.1 Å². The summed E-state index contributed by atoms with van der Waals surface area (Å²) in [4.78, 5) is 71.6. The number of benzene rings is 1. The number of hydrogen-bond acceptors (Lipinski definition) is 14. The molecule has 4 fully saturated rings. The number of hydrogen-bond donors (Lipinski definition) is 3. The monoisotopic (exact) mass is 950 g/mol. The Morgan fingerprint density at radius 3 is 2.39 bits per heavy atom. The Bertz CT molecular complexity index is 2280. The van der Waals surface area contributed by atoms with E-state index < -0.39 is 53.0 Å². The van der Waals surface area contributed by atoms with Crippen molar-refractivity contribution in [2.75, 3.05) is 65.9 Å². The maximum Gasteiger partial charge on any atom is 0.408 e. The lowest BCUT2D eigenvalue weighted by molar-refractivity contribution is -0.148. The molecule has 3 N–H and O–H groups in total. The van der Waals surface area contributed by atoms with Crippen molar-refractivity contribution in [3.05, 3.63) is 41.3 Å². The molecule has 8 atom stereocenters. The minimum atomic E-state index is -1.31. The third-order valence-corrected chi connectivity index (χ3v) is 14.5. The molecular formula is C48H67ClN8O8S. The van der Waals surface area contributed by atoms with Gasteiger partial charge in [-0.05, 0) is 89.6 Å². The molecule has 3 aliphatic carbocycles. The van der Waals surface area contributed by atoms with Crippen molar-refractivity contribution in [2.45, 2.75) is 110 Å². The van der Waals surface area contributed by atoms with Gasteiger partial charge in [-0.25, -0.2) is 19.6 Å². The number of fused-ring (bicyclic) bond motifs is 2. The third-order valence-electron chi connectivity index (χ3n) is 13.3. The van der Waals surface area contributed by atoms with Gasteiger partial charge in [0.15, 0.2) is 5.13 Å². The molecule has 16 nitrogen and oxygen atoms in total. The lowest BCUT2D eigenvalue weighted by atomic mass is 9.85. The first kappa shape index (κ1) is 49.2. The predicted molar refractivity (Wildman–Crippen MR) is 256 cm³/mol. The van der Waals surface area contributed by atoms with E-state index >= 15 is 0 Å². The highest BCUT2D eigenvalue weighted by Crippen LogP contribution is 2.52. The molecule has 0 bridgehead atoms. The van der Waals surface area contributed by atoms with Crippen LogP contribution in [0.3, 0.4) is 0 Å². The van der Waals surface area contributed by atoms with Crippen molar-refractivity contribution < 1.29 is 38.1 Å². The second-order valence-electron chi connectivity index (χ2n) is 19.8. The molecule has 0 radical (unpaired) electrons. The standard InChI is InChI=1S/C48H67ClN8O8S/c1-11-30-24-48(30,44(60)62-10)54-42(58)36-22-32(25-57(36)43(59)41(47(5,6)7)53-46(61)65-31-20-28-19-29(28)21-31)64-38-23-34(35-26-66-45(52-35)50-27(3)4)51-40-33(38)13-14-37(39(40)49)63-18-17-56(9)16-15-55(8)12-2/h11,13-14,23,26-32,36,41H,1,12,15-22,24-25H2,2-10H3,(H,50,52)(H,53,61)(H,54,58)/t28-,29+,30-,31+,32-,36+,41-,48?/m1/s1.